The number of aryl methyl sites for hydroxylation is 1. The van der Waals surface area contributed by atoms with Crippen LogP contribution in [-0.4, -0.2) is 97.2 Å². The summed E-state index contributed by atoms with van der Waals surface area (Å²) in [6.45, 7) is 13.2. The number of ether oxygens (including phenoxy) is 3. The number of amidine groups is 1. The third-order valence-electron chi connectivity index (χ3n) is 14.2. The number of anilines is 2. The quantitative estimate of drug-likeness (QED) is 0.0381. The van der Waals surface area contributed by atoms with Gasteiger partial charge in [-0.2, -0.15) is 31.4 Å². The van der Waals surface area contributed by atoms with Crippen molar-refractivity contribution >= 4 is 35.0 Å². The van der Waals surface area contributed by atoms with Gasteiger partial charge in [0, 0.05) is 61.9 Å². The second kappa shape index (κ2) is 21.2. The molecule has 0 saturated carbocycles. The summed E-state index contributed by atoms with van der Waals surface area (Å²) < 4.78 is 104. The van der Waals surface area contributed by atoms with Gasteiger partial charge < -0.3 is 34.6 Å². The van der Waals surface area contributed by atoms with Crippen molar-refractivity contribution in [1.29, 1.82) is 0 Å². The van der Waals surface area contributed by atoms with Gasteiger partial charge in [0.05, 0.1) is 23.8 Å². The molecule has 0 spiro atoms. The third kappa shape index (κ3) is 11.3. The molecule has 3 saturated heterocycles. The summed E-state index contributed by atoms with van der Waals surface area (Å²) in [5.74, 6) is 1.79. The smallest absolute Gasteiger partial charge is 0.416 e. The zero-order valence-electron chi connectivity index (χ0n) is 40.3. The zero-order valence-corrected chi connectivity index (χ0v) is 40.3. The lowest BCUT2D eigenvalue weighted by molar-refractivity contribution is -0.138. The number of benzene rings is 4. The molecule has 3 aliphatic rings. The van der Waals surface area contributed by atoms with Crippen molar-refractivity contribution in [2.24, 2.45) is 10.1 Å². The minimum absolute atomic E-state index is 0.0173. The van der Waals surface area contributed by atoms with Gasteiger partial charge in [-0.1, -0.05) is 30.3 Å². The molecule has 5 aromatic rings. The predicted molar refractivity (Wildman–Crippen MR) is 261 cm³/mol. The third-order valence-corrected chi connectivity index (χ3v) is 14.2. The van der Waals surface area contributed by atoms with E-state index in [1.807, 2.05) is 25.1 Å². The molecular weight excluding hydrogens is 913 g/mol. The van der Waals surface area contributed by atoms with E-state index in [0.717, 1.165) is 75.9 Å². The molecule has 8 rings (SSSR count). The van der Waals surface area contributed by atoms with Crippen molar-refractivity contribution < 1.29 is 40.6 Å². The first kappa shape index (κ1) is 50.4. The van der Waals surface area contributed by atoms with Gasteiger partial charge in [-0.3, -0.25) is 5.43 Å². The number of hydrogen-bond donors (Lipinski definition) is 3. The Morgan fingerprint density at radius 3 is 1.97 bits per heavy atom. The summed E-state index contributed by atoms with van der Waals surface area (Å²) in [6.07, 6.45) is -4.88. The first-order valence-electron chi connectivity index (χ1n) is 23.8. The first-order chi connectivity index (χ1) is 33.4. The Labute approximate surface area is 404 Å². The number of likely N-dealkylation sites (tertiary alicyclic amines) is 1. The normalized spacial score (nSPS) is 20.3. The van der Waals surface area contributed by atoms with Crippen molar-refractivity contribution in [3.05, 3.63) is 117 Å². The molecule has 374 valence electrons. The largest absolute Gasteiger partial charge is 0.490 e. The first-order valence-corrected chi connectivity index (χ1v) is 23.8. The van der Waals surface area contributed by atoms with Crippen LogP contribution in [0.5, 0.6) is 11.5 Å². The van der Waals surface area contributed by atoms with Crippen LogP contribution >= 0.6 is 0 Å². The van der Waals surface area contributed by atoms with Gasteiger partial charge in [0.15, 0.2) is 17.5 Å². The lowest BCUT2D eigenvalue weighted by Gasteiger charge is -2.36. The summed E-state index contributed by atoms with van der Waals surface area (Å²) in [5.41, 5.74) is 3.35. The summed E-state index contributed by atoms with van der Waals surface area (Å²) >= 11 is 0. The fraction of sp³-hybridized carbons (Fsp3) is 0.462. The average molecular weight is 974 g/mol. The van der Waals surface area contributed by atoms with Crippen molar-refractivity contribution in [1.82, 2.24) is 25.4 Å². The van der Waals surface area contributed by atoms with E-state index in [1.165, 1.54) is 26.0 Å². The Balaban J connectivity index is 1.19. The number of hydrazone groups is 1. The van der Waals surface area contributed by atoms with E-state index in [9.17, 15) is 26.3 Å². The molecule has 3 N–H and O–H groups in total. The zero-order chi connectivity index (χ0) is 49.9. The van der Waals surface area contributed by atoms with Gasteiger partial charge in [-0.05, 0) is 144 Å². The molecule has 2 unspecified atom stereocenters. The number of rotatable bonds is 16. The minimum atomic E-state index is -4.67. The maximum absolute atomic E-state index is 14.6. The van der Waals surface area contributed by atoms with Crippen LogP contribution in [0.3, 0.4) is 0 Å². The lowest BCUT2D eigenvalue weighted by Crippen LogP contribution is -2.43. The molecule has 12 nitrogen and oxygen atoms in total. The van der Waals surface area contributed by atoms with Crippen LogP contribution < -0.4 is 25.5 Å². The second-order valence-corrected chi connectivity index (χ2v) is 18.7. The molecule has 70 heavy (non-hydrogen) atoms. The van der Waals surface area contributed by atoms with Gasteiger partial charge in [0.2, 0.25) is 0 Å². The molecule has 3 fully saturated rings. The number of aromatic nitrogens is 2. The van der Waals surface area contributed by atoms with Crippen molar-refractivity contribution in [2.75, 3.05) is 51.0 Å². The lowest BCUT2D eigenvalue weighted by atomic mass is 9.97. The van der Waals surface area contributed by atoms with Crippen molar-refractivity contribution in [3.8, 4) is 11.5 Å². The van der Waals surface area contributed by atoms with Gasteiger partial charge in [0.1, 0.15) is 29.9 Å². The monoisotopic (exact) mass is 973 g/mol. The van der Waals surface area contributed by atoms with Crippen LogP contribution in [-0.2, 0) is 17.1 Å². The van der Waals surface area contributed by atoms with Crippen LogP contribution in [0.4, 0.5) is 38.0 Å². The maximum atomic E-state index is 14.6. The molecule has 2 bridgehead atoms. The number of halogens is 6. The molecule has 0 radical (unpaired) electrons. The molecular formula is C52H61F6N9O3. The molecule has 18 heteroatoms. The number of hydrogen-bond acceptors (Lipinski definition) is 11. The average Bonchev–Trinajstić information content (AvgIpc) is 3.50. The van der Waals surface area contributed by atoms with E-state index in [4.69, 9.17) is 19.2 Å². The molecule has 4 heterocycles. The van der Waals surface area contributed by atoms with E-state index in [2.05, 4.69) is 54.9 Å². The SMILES string of the molecule is C=NNC(=N[C@H](Nc1nnc(N[C@H](C)c2cccc(C(F)(F)F)c2C)c2cc(OC3CCN(CCOC)CC3)ccc12)c1cccc(C(F)(F)F)c1C)c1cc(OC2CC3CCC(C2)N3C)ccc1C. The van der Waals surface area contributed by atoms with Gasteiger partial charge >= 0.3 is 12.4 Å². The number of fused-ring (bicyclic) bond motifs is 3. The Hall–Kier alpha value is -5.98. The highest BCUT2D eigenvalue weighted by molar-refractivity contribution is 6.01. The van der Waals surface area contributed by atoms with Crippen molar-refractivity contribution in [2.45, 2.75) is 115 Å². The number of alkyl halides is 6. The second-order valence-electron chi connectivity index (χ2n) is 18.7. The molecule has 0 amide bonds. The molecule has 4 aromatic carbocycles. The van der Waals surface area contributed by atoms with Crippen LogP contribution in [0.1, 0.15) is 102 Å². The number of methoxy groups -OCH3 is 1. The Morgan fingerprint density at radius 2 is 1.34 bits per heavy atom. The fourth-order valence-electron chi connectivity index (χ4n) is 10.3. The van der Waals surface area contributed by atoms with Gasteiger partial charge in [-0.25, -0.2) is 4.99 Å². The number of nitrogens with zero attached hydrogens (tertiary/aromatic N) is 6. The van der Waals surface area contributed by atoms with Crippen LogP contribution in [0.25, 0.3) is 10.8 Å². The van der Waals surface area contributed by atoms with E-state index >= 15 is 0 Å². The Bertz CT molecular complexity index is 2680. The molecule has 3 aliphatic heterocycles. The molecule has 1 aromatic heterocycles. The van der Waals surface area contributed by atoms with Gasteiger partial charge in [0.25, 0.3) is 0 Å². The number of aliphatic imine (C=N–C) groups is 1. The van der Waals surface area contributed by atoms with E-state index < -0.39 is 35.7 Å². The van der Waals surface area contributed by atoms with E-state index in [0.29, 0.717) is 52.1 Å². The van der Waals surface area contributed by atoms with Gasteiger partial charge in [-0.15, -0.1) is 10.2 Å². The molecule has 0 aliphatic carbocycles. The van der Waals surface area contributed by atoms with E-state index in [1.54, 1.807) is 44.4 Å². The van der Waals surface area contributed by atoms with E-state index in [-0.39, 0.29) is 46.4 Å². The molecule has 4 atom stereocenters. The highest BCUT2D eigenvalue weighted by atomic mass is 19.4. The van der Waals surface area contributed by atoms with Crippen molar-refractivity contribution in [3.63, 3.8) is 0 Å². The summed E-state index contributed by atoms with van der Waals surface area (Å²) in [5, 5.41) is 20.8. The highest BCUT2D eigenvalue weighted by Crippen LogP contribution is 2.41. The van der Waals surface area contributed by atoms with Crippen LogP contribution in [0, 0.1) is 20.8 Å². The predicted octanol–water partition coefficient (Wildman–Crippen LogP) is 11.0. The Kier molecular flexibility index (Phi) is 15.2. The summed E-state index contributed by atoms with van der Waals surface area (Å²) in [6, 6.07) is 19.3. The summed E-state index contributed by atoms with van der Waals surface area (Å²) in [4.78, 5) is 9.83. The Morgan fingerprint density at radius 1 is 0.757 bits per heavy atom. The summed E-state index contributed by atoms with van der Waals surface area (Å²) in [7, 11) is 3.85. The fourth-order valence-corrected chi connectivity index (χ4v) is 10.3. The number of nitrogens with one attached hydrogen (secondary N) is 3. The highest BCUT2D eigenvalue weighted by Gasteiger charge is 2.40. The topological polar surface area (TPSA) is 121 Å². The standard InChI is InChI=1S/C52H61F6N9O3/c1-30-14-17-37(70-39-26-34-15-16-35(27-39)66(34)6)28-43(30)49(63-59-5)62-47(41-11-9-13-46(32(41)3)52(56,57)58)61-48-42-19-18-38(69-36-20-22-67(23-21-36)24-25-68-7)29-44(42)50(65-64-48)60-33(4)40-10-8-12-45(31(40)2)51(53,54)55/h8-14,17-19,28-29,33-36,39,47H,5,15-16,20-27H2,1-4,6-7H3,(H,60,65)(H,61,64)(H,62,63)/t33-,34?,35?,39?,47+/m1/s1. The van der Waals surface area contributed by atoms with Crippen LogP contribution in [0.2, 0.25) is 0 Å². The maximum Gasteiger partial charge on any atom is 0.416 e. The minimum Gasteiger partial charge on any atom is -0.490 e. The number of piperidine rings is 2. The van der Waals surface area contributed by atoms with Crippen LogP contribution in [0.15, 0.2) is 82.9 Å².